The van der Waals surface area contributed by atoms with Gasteiger partial charge in [-0.1, -0.05) is 19.4 Å². The molecule has 0 bridgehead atoms. The molecule has 6 nitrogen and oxygen atoms in total. The number of nitrogens with one attached hydrogen (secondary N) is 2. The van der Waals surface area contributed by atoms with Gasteiger partial charge >= 0.3 is 6.61 Å². The molecule has 0 amide bonds. The number of rotatable bonds is 8. The molecule has 1 saturated carbocycles. The van der Waals surface area contributed by atoms with Crippen LogP contribution in [-0.4, -0.2) is 48.0 Å². The van der Waals surface area contributed by atoms with Crippen LogP contribution in [0.5, 0.6) is 11.5 Å². The number of alkyl halides is 2. The summed E-state index contributed by atoms with van der Waals surface area (Å²) in [6, 6.07) is 5.11. The summed E-state index contributed by atoms with van der Waals surface area (Å²) in [5, 5.41) is 6.80. The van der Waals surface area contributed by atoms with E-state index in [9.17, 15) is 13.0 Å². The van der Waals surface area contributed by atoms with E-state index in [4.69, 9.17) is 4.74 Å². The Morgan fingerprint density at radius 2 is 2.10 bits per heavy atom. The van der Waals surface area contributed by atoms with Crippen molar-refractivity contribution in [1.29, 1.82) is 0 Å². The van der Waals surface area contributed by atoms with Crippen LogP contribution >= 0.6 is 24.0 Å². The predicted molar refractivity (Wildman–Crippen MR) is 123 cm³/mol. The molecule has 0 saturated heterocycles. The van der Waals surface area contributed by atoms with E-state index in [-0.39, 0.29) is 46.8 Å². The number of halogens is 3. The summed E-state index contributed by atoms with van der Waals surface area (Å²) in [5.74, 6) is 1.56. The Labute approximate surface area is 190 Å². The first kappa shape index (κ1) is 25.9. The van der Waals surface area contributed by atoms with Crippen LogP contribution in [-0.2, 0) is 17.3 Å². The summed E-state index contributed by atoms with van der Waals surface area (Å²) in [7, 11) is 2.30. The van der Waals surface area contributed by atoms with Gasteiger partial charge in [-0.3, -0.25) is 9.20 Å². The van der Waals surface area contributed by atoms with Gasteiger partial charge in [-0.25, -0.2) is 0 Å². The van der Waals surface area contributed by atoms with Crippen LogP contribution in [0.1, 0.15) is 38.2 Å². The number of hydrogen-bond donors (Lipinski definition) is 2. The van der Waals surface area contributed by atoms with E-state index >= 15 is 0 Å². The van der Waals surface area contributed by atoms with Gasteiger partial charge in [-0.15, -0.1) is 24.0 Å². The van der Waals surface area contributed by atoms with Gasteiger partial charge in [0.15, 0.2) is 17.5 Å². The third-order valence-electron chi connectivity index (χ3n) is 4.75. The Morgan fingerprint density at radius 3 is 2.72 bits per heavy atom. The van der Waals surface area contributed by atoms with Gasteiger partial charge in [0.2, 0.25) is 0 Å². The summed E-state index contributed by atoms with van der Waals surface area (Å²) < 4.78 is 46.8. The normalized spacial score (nSPS) is 20.6. The fraction of sp³-hybridized carbons (Fsp3) is 0.632. The third-order valence-corrected chi connectivity index (χ3v) is 6.49. The first-order chi connectivity index (χ1) is 13.5. The van der Waals surface area contributed by atoms with Crippen molar-refractivity contribution in [3.63, 3.8) is 0 Å². The van der Waals surface area contributed by atoms with Gasteiger partial charge in [-0.05, 0) is 37.0 Å². The molecule has 1 aliphatic carbocycles. The van der Waals surface area contributed by atoms with Crippen molar-refractivity contribution < 1.29 is 22.5 Å². The van der Waals surface area contributed by atoms with Crippen LogP contribution in [0, 0.1) is 0 Å². The van der Waals surface area contributed by atoms with Crippen molar-refractivity contribution in [3.05, 3.63) is 23.8 Å². The zero-order valence-corrected chi connectivity index (χ0v) is 20.1. The van der Waals surface area contributed by atoms with Crippen LogP contribution < -0.4 is 20.1 Å². The van der Waals surface area contributed by atoms with Crippen LogP contribution in [0.15, 0.2) is 23.2 Å². The number of methoxy groups -OCH3 is 1. The van der Waals surface area contributed by atoms with E-state index in [2.05, 4.69) is 20.4 Å². The van der Waals surface area contributed by atoms with E-state index in [1.54, 1.807) is 19.2 Å². The lowest BCUT2D eigenvalue weighted by Gasteiger charge is -2.30. The van der Waals surface area contributed by atoms with Gasteiger partial charge in [0.1, 0.15) is 0 Å². The molecular formula is C19H30F2IN3O3S. The van der Waals surface area contributed by atoms with E-state index < -0.39 is 17.4 Å². The maximum Gasteiger partial charge on any atom is 0.387 e. The highest BCUT2D eigenvalue weighted by Gasteiger charge is 2.26. The lowest BCUT2D eigenvalue weighted by Crippen LogP contribution is -2.46. The van der Waals surface area contributed by atoms with Crippen molar-refractivity contribution in [2.45, 2.75) is 57.1 Å². The van der Waals surface area contributed by atoms with Gasteiger partial charge in [0.05, 0.1) is 7.11 Å². The number of guanidine groups is 1. The summed E-state index contributed by atoms with van der Waals surface area (Å²) in [5.41, 5.74) is 0.757. The average molecular weight is 545 g/mol. The first-order valence-electron chi connectivity index (χ1n) is 9.42. The summed E-state index contributed by atoms with van der Waals surface area (Å²) in [6.07, 6.45) is 3.91. The van der Waals surface area contributed by atoms with Crippen LogP contribution in [0.3, 0.4) is 0 Å². The molecule has 2 rings (SSSR count). The molecule has 2 N–H and O–H groups in total. The summed E-state index contributed by atoms with van der Waals surface area (Å²) >= 11 is 0. The second kappa shape index (κ2) is 13.2. The second-order valence-electron chi connectivity index (χ2n) is 6.59. The Morgan fingerprint density at radius 1 is 1.34 bits per heavy atom. The van der Waals surface area contributed by atoms with Gasteiger partial charge < -0.3 is 20.1 Å². The molecule has 29 heavy (non-hydrogen) atoms. The maximum atomic E-state index is 12.6. The number of benzene rings is 1. The minimum atomic E-state index is -2.92. The number of nitrogens with zero attached hydrogens (tertiary/aromatic N) is 1. The fourth-order valence-electron chi connectivity index (χ4n) is 3.34. The van der Waals surface area contributed by atoms with Crippen molar-refractivity contribution in [2.24, 2.45) is 4.99 Å². The Kier molecular flexibility index (Phi) is 11.8. The third kappa shape index (κ3) is 8.23. The second-order valence-corrected chi connectivity index (χ2v) is 8.59. The van der Waals surface area contributed by atoms with E-state index in [1.807, 2.05) is 6.92 Å². The standard InChI is InChI=1S/C19H29F2N3O3S.HI/c1-4-28(25)15-7-5-6-14(11-15)24-19(22-2)23-12-13-8-9-16(26-3)17(10-13)27-18(20)21;/h8-10,14-15,18H,4-7,11-12H2,1-3H3,(H2,22,23,24);1H. The van der Waals surface area contributed by atoms with E-state index in [0.717, 1.165) is 31.2 Å². The molecule has 0 aromatic heterocycles. The zero-order chi connectivity index (χ0) is 20.5. The minimum absolute atomic E-state index is 0. The molecule has 1 aliphatic rings. The van der Waals surface area contributed by atoms with Gasteiger partial charge in [-0.2, -0.15) is 8.78 Å². The molecule has 1 aromatic rings. The van der Waals surface area contributed by atoms with E-state index in [0.29, 0.717) is 18.3 Å². The fourth-order valence-corrected chi connectivity index (χ4v) is 4.69. The number of aliphatic imine (C=N–C) groups is 1. The average Bonchev–Trinajstić information content (AvgIpc) is 2.70. The summed E-state index contributed by atoms with van der Waals surface area (Å²) in [6.45, 7) is -0.575. The van der Waals surface area contributed by atoms with Crippen molar-refractivity contribution in [3.8, 4) is 11.5 Å². The molecule has 0 heterocycles. The summed E-state index contributed by atoms with van der Waals surface area (Å²) in [4.78, 5) is 4.23. The zero-order valence-electron chi connectivity index (χ0n) is 17.0. The lowest BCUT2D eigenvalue weighted by atomic mass is 9.95. The minimum Gasteiger partial charge on any atom is -0.493 e. The topological polar surface area (TPSA) is 72.0 Å². The highest BCUT2D eigenvalue weighted by molar-refractivity contribution is 14.0. The molecular weight excluding hydrogens is 515 g/mol. The molecule has 1 aromatic carbocycles. The number of ether oxygens (including phenoxy) is 2. The predicted octanol–water partition coefficient (Wildman–Crippen LogP) is 3.66. The molecule has 0 radical (unpaired) electrons. The highest BCUT2D eigenvalue weighted by Crippen LogP contribution is 2.29. The molecule has 166 valence electrons. The Bertz CT molecular complexity index is 695. The van der Waals surface area contributed by atoms with Crippen molar-refractivity contribution in [2.75, 3.05) is 19.9 Å². The van der Waals surface area contributed by atoms with E-state index in [1.165, 1.54) is 13.2 Å². The molecule has 3 atom stereocenters. The largest absolute Gasteiger partial charge is 0.493 e. The maximum absolute atomic E-state index is 12.6. The van der Waals surface area contributed by atoms with Crippen LogP contribution in [0.2, 0.25) is 0 Å². The Balaban J connectivity index is 0.00000420. The quantitative estimate of drug-likeness (QED) is 0.297. The smallest absolute Gasteiger partial charge is 0.387 e. The van der Waals surface area contributed by atoms with Crippen molar-refractivity contribution in [1.82, 2.24) is 10.6 Å². The van der Waals surface area contributed by atoms with Gasteiger partial charge in [0, 0.05) is 41.4 Å². The highest BCUT2D eigenvalue weighted by atomic mass is 127. The van der Waals surface area contributed by atoms with Crippen LogP contribution in [0.25, 0.3) is 0 Å². The number of hydrogen-bond acceptors (Lipinski definition) is 4. The molecule has 3 unspecified atom stereocenters. The first-order valence-corrected chi connectivity index (χ1v) is 10.8. The van der Waals surface area contributed by atoms with Crippen LogP contribution in [0.4, 0.5) is 8.78 Å². The van der Waals surface area contributed by atoms with Crippen molar-refractivity contribution >= 4 is 40.7 Å². The molecule has 1 fully saturated rings. The molecule has 0 spiro atoms. The molecule has 0 aliphatic heterocycles. The van der Waals surface area contributed by atoms with Gasteiger partial charge in [0.25, 0.3) is 0 Å². The lowest BCUT2D eigenvalue weighted by molar-refractivity contribution is -0.0512. The SMILES string of the molecule is CCS(=O)C1CCCC(NC(=NC)NCc2ccc(OC)c(OC(F)F)c2)C1.I. The Hall–Kier alpha value is -1.17. The molecule has 10 heteroatoms. The monoisotopic (exact) mass is 545 g/mol.